The van der Waals surface area contributed by atoms with Crippen LogP contribution in [0.4, 0.5) is 0 Å². The van der Waals surface area contributed by atoms with E-state index in [-0.39, 0.29) is 5.56 Å². The van der Waals surface area contributed by atoms with E-state index in [9.17, 15) is 4.79 Å². The predicted molar refractivity (Wildman–Crippen MR) is 97.5 cm³/mol. The number of likely N-dealkylation sites (tertiary alicyclic amines) is 1. The fraction of sp³-hybridized carbons (Fsp3) is 0.474. The molecular weight excluding hydrogens is 300 g/mol. The van der Waals surface area contributed by atoms with E-state index in [4.69, 9.17) is 0 Å². The fourth-order valence-corrected chi connectivity index (χ4v) is 3.79. The molecular formula is C19H24N4O. The lowest BCUT2D eigenvalue weighted by Gasteiger charge is -2.33. The largest absolute Gasteiger partial charge is 0.349 e. The van der Waals surface area contributed by atoms with E-state index in [1.807, 2.05) is 12.1 Å². The van der Waals surface area contributed by atoms with Crippen molar-refractivity contribution in [2.75, 3.05) is 13.1 Å². The van der Waals surface area contributed by atoms with Gasteiger partial charge in [0.25, 0.3) is 5.56 Å². The molecule has 24 heavy (non-hydrogen) atoms. The second-order valence-electron chi connectivity index (χ2n) is 7.02. The van der Waals surface area contributed by atoms with Crippen molar-refractivity contribution in [1.82, 2.24) is 19.4 Å². The highest BCUT2D eigenvalue weighted by Gasteiger charge is 2.18. The van der Waals surface area contributed by atoms with Crippen LogP contribution in [0.3, 0.4) is 0 Å². The zero-order valence-electron chi connectivity index (χ0n) is 14.4. The summed E-state index contributed by atoms with van der Waals surface area (Å²) >= 11 is 0. The van der Waals surface area contributed by atoms with Crippen LogP contribution in [0.5, 0.6) is 0 Å². The summed E-state index contributed by atoms with van der Waals surface area (Å²) in [6, 6.07) is 6.77. The number of fused-ring (bicyclic) bond motifs is 3. The first-order valence-electron chi connectivity index (χ1n) is 8.85. The third kappa shape index (κ3) is 2.63. The molecule has 1 fully saturated rings. The fourth-order valence-electron chi connectivity index (χ4n) is 3.79. The number of rotatable bonds is 3. The molecule has 1 aliphatic heterocycles. The van der Waals surface area contributed by atoms with Crippen LogP contribution in [0, 0.1) is 6.92 Å². The molecule has 126 valence electrons. The van der Waals surface area contributed by atoms with Crippen LogP contribution in [0.2, 0.25) is 0 Å². The van der Waals surface area contributed by atoms with Gasteiger partial charge in [0, 0.05) is 30.0 Å². The topological polar surface area (TPSA) is 53.9 Å². The van der Waals surface area contributed by atoms with E-state index < -0.39 is 0 Å². The van der Waals surface area contributed by atoms with E-state index in [2.05, 4.69) is 34.8 Å². The molecule has 1 aliphatic rings. The number of H-pyrrole nitrogens is 1. The average Bonchev–Trinajstić information content (AvgIpc) is 2.94. The van der Waals surface area contributed by atoms with Crippen LogP contribution in [0.15, 0.2) is 29.3 Å². The maximum atomic E-state index is 12.8. The number of piperidine rings is 1. The Kier molecular flexibility index (Phi) is 3.88. The Morgan fingerprint density at radius 3 is 3.00 bits per heavy atom. The van der Waals surface area contributed by atoms with Crippen molar-refractivity contribution in [2.45, 2.75) is 45.7 Å². The summed E-state index contributed by atoms with van der Waals surface area (Å²) in [4.78, 5) is 23.1. The van der Waals surface area contributed by atoms with Gasteiger partial charge >= 0.3 is 0 Å². The van der Waals surface area contributed by atoms with E-state index in [1.54, 1.807) is 10.9 Å². The minimum atomic E-state index is 0.0264. The first-order chi connectivity index (χ1) is 11.6. The highest BCUT2D eigenvalue weighted by molar-refractivity contribution is 6.04. The Morgan fingerprint density at radius 1 is 1.29 bits per heavy atom. The van der Waals surface area contributed by atoms with Gasteiger partial charge in [-0.25, -0.2) is 4.98 Å². The number of aromatic amines is 1. The molecule has 0 bridgehead atoms. The summed E-state index contributed by atoms with van der Waals surface area (Å²) in [5.74, 6) is 0. The van der Waals surface area contributed by atoms with E-state index in [0.717, 1.165) is 29.5 Å². The number of aromatic nitrogens is 3. The molecule has 1 aromatic carbocycles. The number of hydrogen-bond acceptors (Lipinski definition) is 3. The van der Waals surface area contributed by atoms with Crippen molar-refractivity contribution in [3.8, 4) is 0 Å². The first-order valence-corrected chi connectivity index (χ1v) is 8.85. The van der Waals surface area contributed by atoms with Crippen LogP contribution in [0.25, 0.3) is 21.9 Å². The summed E-state index contributed by atoms with van der Waals surface area (Å²) < 4.78 is 1.74. The molecule has 3 aromatic rings. The average molecular weight is 324 g/mol. The van der Waals surface area contributed by atoms with Crippen LogP contribution in [0.1, 0.15) is 31.7 Å². The van der Waals surface area contributed by atoms with Crippen molar-refractivity contribution in [1.29, 1.82) is 0 Å². The second-order valence-corrected chi connectivity index (χ2v) is 7.02. The van der Waals surface area contributed by atoms with Crippen molar-refractivity contribution in [3.63, 3.8) is 0 Å². The summed E-state index contributed by atoms with van der Waals surface area (Å²) in [5.41, 5.74) is 3.57. The Labute approximate surface area is 141 Å². The Bertz CT molecular complexity index is 940. The number of nitrogens with one attached hydrogen (secondary N) is 1. The molecule has 0 spiro atoms. The number of benzene rings is 1. The Morgan fingerprint density at radius 2 is 2.17 bits per heavy atom. The first kappa shape index (κ1) is 15.4. The second kappa shape index (κ2) is 6.06. The van der Waals surface area contributed by atoms with Gasteiger partial charge in [0.05, 0.1) is 6.33 Å². The SMILES string of the molecule is Cc1ccc2[nH]c3c(=O)n(CCN4CCCC[C@H]4C)cnc3c2c1. The molecule has 1 atom stereocenters. The quantitative estimate of drug-likeness (QED) is 0.805. The van der Waals surface area contributed by atoms with Crippen LogP contribution in [-0.2, 0) is 6.54 Å². The van der Waals surface area contributed by atoms with Gasteiger partial charge in [-0.15, -0.1) is 0 Å². The summed E-state index contributed by atoms with van der Waals surface area (Å²) in [6.45, 7) is 7.08. The number of hydrogen-bond donors (Lipinski definition) is 1. The van der Waals surface area contributed by atoms with Crippen molar-refractivity contribution in [2.24, 2.45) is 0 Å². The van der Waals surface area contributed by atoms with Crippen LogP contribution in [-0.4, -0.2) is 38.6 Å². The lowest BCUT2D eigenvalue weighted by molar-refractivity contribution is 0.154. The predicted octanol–water partition coefficient (Wildman–Crippen LogP) is 3.06. The molecule has 5 nitrogen and oxygen atoms in total. The van der Waals surface area contributed by atoms with Gasteiger partial charge in [-0.2, -0.15) is 0 Å². The summed E-state index contributed by atoms with van der Waals surface area (Å²) in [7, 11) is 0. The van der Waals surface area contributed by atoms with Crippen molar-refractivity contribution >= 4 is 21.9 Å². The molecule has 2 aromatic heterocycles. The zero-order valence-corrected chi connectivity index (χ0v) is 14.4. The van der Waals surface area contributed by atoms with Crippen molar-refractivity contribution < 1.29 is 0 Å². The highest BCUT2D eigenvalue weighted by Crippen LogP contribution is 2.22. The third-order valence-electron chi connectivity index (χ3n) is 5.30. The molecule has 0 unspecified atom stereocenters. The van der Waals surface area contributed by atoms with Crippen LogP contribution >= 0.6 is 0 Å². The summed E-state index contributed by atoms with van der Waals surface area (Å²) in [5, 5.41) is 1.03. The van der Waals surface area contributed by atoms with Gasteiger partial charge in [0.15, 0.2) is 0 Å². The minimum Gasteiger partial charge on any atom is -0.349 e. The number of aryl methyl sites for hydroxylation is 1. The highest BCUT2D eigenvalue weighted by atomic mass is 16.1. The van der Waals surface area contributed by atoms with E-state index in [1.165, 1.54) is 24.8 Å². The molecule has 3 heterocycles. The lowest BCUT2D eigenvalue weighted by Crippen LogP contribution is -2.40. The smallest absolute Gasteiger partial charge is 0.277 e. The molecule has 0 saturated carbocycles. The van der Waals surface area contributed by atoms with E-state index >= 15 is 0 Å². The van der Waals surface area contributed by atoms with Gasteiger partial charge in [0.1, 0.15) is 11.0 Å². The van der Waals surface area contributed by atoms with Gasteiger partial charge < -0.3 is 4.98 Å². The monoisotopic (exact) mass is 324 g/mol. The molecule has 0 aliphatic carbocycles. The molecule has 5 heteroatoms. The van der Waals surface area contributed by atoms with Gasteiger partial charge in [-0.3, -0.25) is 14.3 Å². The Balaban J connectivity index is 1.66. The van der Waals surface area contributed by atoms with Gasteiger partial charge in [0.2, 0.25) is 0 Å². The van der Waals surface area contributed by atoms with E-state index in [0.29, 0.717) is 18.1 Å². The molecule has 0 radical (unpaired) electrons. The third-order valence-corrected chi connectivity index (χ3v) is 5.30. The molecule has 1 N–H and O–H groups in total. The maximum Gasteiger partial charge on any atom is 0.277 e. The maximum absolute atomic E-state index is 12.8. The van der Waals surface area contributed by atoms with Crippen molar-refractivity contribution in [3.05, 3.63) is 40.4 Å². The minimum absolute atomic E-state index is 0.0264. The molecule has 0 amide bonds. The van der Waals surface area contributed by atoms with Crippen LogP contribution < -0.4 is 5.56 Å². The zero-order chi connectivity index (χ0) is 16.7. The molecule has 4 rings (SSSR count). The summed E-state index contributed by atoms with van der Waals surface area (Å²) in [6.07, 6.45) is 5.54. The molecule has 1 saturated heterocycles. The standard InChI is InChI=1S/C19H24N4O/c1-13-6-7-16-15(11-13)17-18(21-16)19(24)23(12-20-17)10-9-22-8-4-3-5-14(22)2/h6-7,11-12,14,21H,3-5,8-10H2,1-2H3/t14-/m1/s1. The number of nitrogens with zero attached hydrogens (tertiary/aromatic N) is 3. The lowest BCUT2D eigenvalue weighted by atomic mass is 10.0. The van der Waals surface area contributed by atoms with Gasteiger partial charge in [-0.1, -0.05) is 18.1 Å². The normalized spacial score (nSPS) is 19.3. The van der Waals surface area contributed by atoms with Gasteiger partial charge in [-0.05, 0) is 45.4 Å². The Hall–Kier alpha value is -2.14.